The number of carbonyl (C=O) groups is 2. The second-order valence-corrected chi connectivity index (χ2v) is 13.5. The van der Waals surface area contributed by atoms with Gasteiger partial charge in [0.15, 0.2) is 5.76 Å². The van der Waals surface area contributed by atoms with Gasteiger partial charge in [0.25, 0.3) is 0 Å². The maximum absolute atomic E-state index is 13.5. The summed E-state index contributed by atoms with van der Waals surface area (Å²) in [6.07, 6.45) is 4.37. The molecule has 2 amide bonds. The molecule has 2 aliphatic rings. The number of fused-ring (bicyclic) bond motifs is 1. The second kappa shape index (κ2) is 12.9. The van der Waals surface area contributed by atoms with Crippen molar-refractivity contribution >= 4 is 27.5 Å². The summed E-state index contributed by atoms with van der Waals surface area (Å²) in [5.74, 6) is 0.150. The Morgan fingerprint density at radius 3 is 2.59 bits per heavy atom. The van der Waals surface area contributed by atoms with Crippen molar-refractivity contribution in [3.05, 3.63) is 35.2 Å². The van der Waals surface area contributed by atoms with Crippen LogP contribution >= 0.6 is 0 Å². The number of hydrogen-bond donors (Lipinski definition) is 2. The van der Waals surface area contributed by atoms with E-state index in [-0.39, 0.29) is 66.1 Å². The second-order valence-electron chi connectivity index (χ2n) is 11.5. The zero-order valence-corrected chi connectivity index (χ0v) is 25.4. The molecule has 3 atom stereocenters. The van der Waals surface area contributed by atoms with E-state index >= 15 is 0 Å². The zero-order valence-electron chi connectivity index (χ0n) is 24.6. The molecule has 1 saturated carbocycles. The number of anilines is 1. The largest absolute Gasteiger partial charge is 0.488 e. The van der Waals surface area contributed by atoms with Crippen molar-refractivity contribution in [1.29, 1.82) is 0 Å². The molecule has 0 saturated heterocycles. The third-order valence-corrected chi connectivity index (χ3v) is 10.3. The first-order valence-electron chi connectivity index (χ1n) is 14.3. The van der Waals surface area contributed by atoms with Crippen LogP contribution in [-0.4, -0.2) is 78.6 Å². The highest BCUT2D eigenvalue weighted by molar-refractivity contribution is 7.89. The van der Waals surface area contributed by atoms with Crippen LogP contribution < -0.4 is 10.1 Å². The van der Waals surface area contributed by atoms with Crippen molar-refractivity contribution < 1.29 is 32.4 Å². The predicted octanol–water partition coefficient (Wildman–Crippen LogP) is 3.28. The molecule has 2 aromatic rings. The Morgan fingerprint density at radius 1 is 1.24 bits per heavy atom. The van der Waals surface area contributed by atoms with Crippen molar-refractivity contribution in [3.63, 3.8) is 0 Å². The molecular formula is C29H42N4O7S. The number of hydrogen-bond acceptors (Lipinski definition) is 8. The lowest BCUT2D eigenvalue weighted by Gasteiger charge is -2.33. The number of sulfonamides is 1. The van der Waals surface area contributed by atoms with Crippen molar-refractivity contribution in [2.75, 3.05) is 32.1 Å². The van der Waals surface area contributed by atoms with Crippen molar-refractivity contribution in [2.45, 2.75) is 83.3 Å². The van der Waals surface area contributed by atoms with Gasteiger partial charge >= 0.3 is 0 Å². The molecule has 1 aliphatic carbocycles. The van der Waals surface area contributed by atoms with Crippen LogP contribution in [0.25, 0.3) is 0 Å². The minimum Gasteiger partial charge on any atom is -0.488 e. The summed E-state index contributed by atoms with van der Waals surface area (Å²) in [6.45, 7) is 6.86. The van der Waals surface area contributed by atoms with E-state index in [9.17, 15) is 23.1 Å². The molecule has 0 bridgehead atoms. The lowest BCUT2D eigenvalue weighted by molar-refractivity contribution is -0.134. The molecule has 4 rings (SSSR count). The Bertz CT molecular complexity index is 1330. The average Bonchev–Trinajstić information content (AvgIpc) is 3.31. The zero-order chi connectivity index (χ0) is 29.9. The van der Waals surface area contributed by atoms with Gasteiger partial charge in [-0.05, 0) is 51.8 Å². The molecule has 1 aliphatic heterocycles. The summed E-state index contributed by atoms with van der Waals surface area (Å²) < 4.78 is 39.7. The van der Waals surface area contributed by atoms with E-state index < -0.39 is 22.2 Å². The molecule has 1 fully saturated rings. The first-order valence-corrected chi connectivity index (χ1v) is 15.8. The fourth-order valence-electron chi connectivity index (χ4n) is 5.68. The smallest absolute Gasteiger partial charge is 0.248 e. The summed E-state index contributed by atoms with van der Waals surface area (Å²) in [5.41, 5.74) is 1.45. The summed E-state index contributed by atoms with van der Waals surface area (Å²) in [4.78, 5) is 28.0. The third kappa shape index (κ3) is 6.92. The Kier molecular flexibility index (Phi) is 9.76. The van der Waals surface area contributed by atoms with Crippen molar-refractivity contribution in [2.24, 2.45) is 11.8 Å². The van der Waals surface area contributed by atoms with E-state index in [2.05, 4.69) is 10.5 Å². The van der Waals surface area contributed by atoms with E-state index in [1.54, 1.807) is 43.9 Å². The van der Waals surface area contributed by atoms with E-state index in [1.165, 1.54) is 11.4 Å². The Hall–Kier alpha value is -2.96. The fourth-order valence-corrected chi connectivity index (χ4v) is 7.15. The number of rotatable bonds is 8. The highest BCUT2D eigenvalue weighted by Crippen LogP contribution is 2.31. The number of nitrogens with one attached hydrogen (secondary N) is 1. The number of benzene rings is 1. The van der Waals surface area contributed by atoms with Gasteiger partial charge in [-0.25, -0.2) is 8.42 Å². The molecular weight excluding hydrogens is 548 g/mol. The number of aryl methyl sites for hydroxylation is 2. The lowest BCUT2D eigenvalue weighted by Crippen LogP contribution is -2.48. The molecule has 2 N–H and O–H groups in total. The van der Waals surface area contributed by atoms with Gasteiger partial charge in [-0.3, -0.25) is 9.59 Å². The van der Waals surface area contributed by atoms with Crippen LogP contribution in [0, 0.1) is 25.7 Å². The summed E-state index contributed by atoms with van der Waals surface area (Å²) in [7, 11) is -2.45. The van der Waals surface area contributed by atoms with Crippen molar-refractivity contribution in [3.8, 4) is 5.75 Å². The first-order chi connectivity index (χ1) is 19.4. The predicted molar refractivity (Wildman–Crippen MR) is 153 cm³/mol. The van der Waals surface area contributed by atoms with Crippen LogP contribution in [0.5, 0.6) is 5.75 Å². The van der Waals surface area contributed by atoms with Gasteiger partial charge in [0.2, 0.25) is 21.8 Å². The SMILES string of the molecule is Cc1noc(C)c1S(=O)(=O)N(C)C[C@@H]1Oc2ccc(NC(=O)C3CCCCC3)cc2CC(=O)N([C@@H](C)CO)C[C@@H]1C. The van der Waals surface area contributed by atoms with Gasteiger partial charge in [-0.2, -0.15) is 4.31 Å². The third-order valence-electron chi connectivity index (χ3n) is 8.23. The van der Waals surface area contributed by atoms with Gasteiger partial charge in [0.1, 0.15) is 22.4 Å². The molecule has 226 valence electrons. The van der Waals surface area contributed by atoms with Crippen molar-refractivity contribution in [1.82, 2.24) is 14.4 Å². The van der Waals surface area contributed by atoms with Gasteiger partial charge in [0.05, 0.1) is 25.6 Å². The molecule has 41 heavy (non-hydrogen) atoms. The molecule has 11 nitrogen and oxygen atoms in total. The molecule has 12 heteroatoms. The minimum absolute atomic E-state index is 0.00268. The Balaban J connectivity index is 1.64. The summed E-state index contributed by atoms with van der Waals surface area (Å²) in [5, 5.41) is 16.7. The lowest BCUT2D eigenvalue weighted by atomic mass is 9.88. The van der Waals surface area contributed by atoms with E-state index in [0.29, 0.717) is 17.0 Å². The number of carbonyl (C=O) groups excluding carboxylic acids is 2. The molecule has 0 unspecified atom stereocenters. The number of aliphatic hydroxyl groups is 1. The van der Waals surface area contributed by atoms with Crippen LogP contribution in [0.1, 0.15) is 63.0 Å². The quantitative estimate of drug-likeness (QED) is 0.477. The summed E-state index contributed by atoms with van der Waals surface area (Å²) in [6, 6.07) is 4.80. The van der Waals surface area contributed by atoms with Crippen LogP contribution in [0.4, 0.5) is 5.69 Å². The van der Waals surface area contributed by atoms with E-state index in [4.69, 9.17) is 9.26 Å². The number of aliphatic hydroxyl groups excluding tert-OH is 1. The van der Waals surface area contributed by atoms with Crippen LogP contribution in [0.15, 0.2) is 27.6 Å². The van der Waals surface area contributed by atoms with Crippen LogP contribution in [0.3, 0.4) is 0 Å². The molecule has 1 aromatic carbocycles. The molecule has 0 spiro atoms. The molecule has 1 aromatic heterocycles. The van der Waals surface area contributed by atoms with Crippen LogP contribution in [-0.2, 0) is 26.0 Å². The highest BCUT2D eigenvalue weighted by atomic mass is 32.2. The summed E-state index contributed by atoms with van der Waals surface area (Å²) >= 11 is 0. The first kappa shape index (κ1) is 31.0. The van der Waals surface area contributed by atoms with E-state index in [1.807, 2.05) is 6.92 Å². The number of ether oxygens (including phenoxy) is 1. The monoisotopic (exact) mass is 590 g/mol. The maximum Gasteiger partial charge on any atom is 0.248 e. The Labute approximate surface area is 242 Å². The average molecular weight is 591 g/mol. The minimum atomic E-state index is -3.93. The van der Waals surface area contributed by atoms with Gasteiger partial charge in [-0.15, -0.1) is 0 Å². The maximum atomic E-state index is 13.5. The number of nitrogens with zero attached hydrogens (tertiary/aromatic N) is 3. The fraction of sp³-hybridized carbons (Fsp3) is 0.621. The number of likely N-dealkylation sites (N-methyl/N-ethyl adjacent to an activating group) is 1. The van der Waals surface area contributed by atoms with Crippen LogP contribution in [0.2, 0.25) is 0 Å². The molecule has 2 heterocycles. The van der Waals surface area contributed by atoms with Gasteiger partial charge in [-0.1, -0.05) is 31.3 Å². The highest BCUT2D eigenvalue weighted by Gasteiger charge is 2.35. The molecule has 0 radical (unpaired) electrons. The van der Waals surface area contributed by atoms with Gasteiger partial charge < -0.3 is 24.6 Å². The van der Waals surface area contributed by atoms with E-state index in [0.717, 1.165) is 32.1 Å². The topological polar surface area (TPSA) is 142 Å². The Morgan fingerprint density at radius 2 is 1.95 bits per heavy atom. The number of aromatic nitrogens is 1. The standard InChI is InChI=1S/C29H42N4O7S/c1-18-15-33(19(2)17-34)27(35)14-23-13-24(30-29(36)22-9-7-6-8-10-22)11-12-25(23)39-26(18)16-32(5)41(37,38)28-20(3)31-40-21(28)4/h11-13,18-19,22,26,34H,6-10,14-17H2,1-5H3,(H,30,36)/t18-,19-,26-/m0/s1. The number of amides is 2. The van der Waals surface area contributed by atoms with Gasteiger partial charge in [0, 0.05) is 36.7 Å². The normalized spacial score (nSPS) is 21.4.